The van der Waals surface area contributed by atoms with Crippen LogP contribution in [0.2, 0.25) is 0 Å². The summed E-state index contributed by atoms with van der Waals surface area (Å²) >= 11 is 0. The summed E-state index contributed by atoms with van der Waals surface area (Å²) < 4.78 is 43.9. The molecular weight excluding hydrogens is 255 g/mol. The van der Waals surface area contributed by atoms with Gasteiger partial charge in [-0.3, -0.25) is 0 Å². The summed E-state index contributed by atoms with van der Waals surface area (Å²) in [4.78, 5) is 1.77. The Hall–Kier alpha value is -1.23. The van der Waals surface area contributed by atoms with Crippen LogP contribution in [0.1, 0.15) is 12.0 Å². The van der Waals surface area contributed by atoms with Crippen LogP contribution in [-0.2, 0) is 6.42 Å². The van der Waals surface area contributed by atoms with Gasteiger partial charge in [0.1, 0.15) is 5.75 Å². The summed E-state index contributed by atoms with van der Waals surface area (Å²) in [7, 11) is 5.09. The normalized spacial score (nSPS) is 13.6. The highest BCUT2D eigenvalue weighted by Gasteiger charge is 2.38. The van der Waals surface area contributed by atoms with Gasteiger partial charge in [0.2, 0.25) is 0 Å². The second-order valence-corrected chi connectivity index (χ2v) is 4.88. The summed E-state index contributed by atoms with van der Waals surface area (Å²) in [5.74, 6) is -0.649. The lowest BCUT2D eigenvalue weighted by molar-refractivity contribution is -0.176. The van der Waals surface area contributed by atoms with E-state index in [1.165, 1.54) is 7.11 Å². The Labute approximate surface area is 112 Å². The SMILES string of the molecule is COc1ccc(CC(CCN(C)C)C(F)(F)F)cc1. The third-order valence-corrected chi connectivity index (χ3v) is 3.03. The Morgan fingerprint density at radius 2 is 1.74 bits per heavy atom. The van der Waals surface area contributed by atoms with Gasteiger partial charge >= 0.3 is 6.18 Å². The van der Waals surface area contributed by atoms with Crippen LogP contribution in [0.25, 0.3) is 0 Å². The van der Waals surface area contributed by atoms with Crippen LogP contribution in [0.15, 0.2) is 24.3 Å². The smallest absolute Gasteiger partial charge is 0.392 e. The third kappa shape index (κ3) is 5.51. The number of rotatable bonds is 6. The predicted molar refractivity (Wildman–Crippen MR) is 69.4 cm³/mol. The van der Waals surface area contributed by atoms with Crippen molar-refractivity contribution in [2.75, 3.05) is 27.7 Å². The molecule has 0 aliphatic rings. The lowest BCUT2D eigenvalue weighted by Gasteiger charge is -2.22. The van der Waals surface area contributed by atoms with Crippen molar-refractivity contribution in [3.63, 3.8) is 0 Å². The van der Waals surface area contributed by atoms with Crippen LogP contribution in [-0.4, -0.2) is 38.8 Å². The minimum absolute atomic E-state index is 0.0152. The minimum atomic E-state index is -4.16. The average Bonchev–Trinajstić information content (AvgIpc) is 2.33. The van der Waals surface area contributed by atoms with Crippen LogP contribution in [0.4, 0.5) is 13.2 Å². The molecule has 0 radical (unpaired) electrons. The molecule has 1 aromatic rings. The Morgan fingerprint density at radius 3 is 2.16 bits per heavy atom. The highest BCUT2D eigenvalue weighted by atomic mass is 19.4. The number of alkyl halides is 3. The molecule has 0 aliphatic carbocycles. The van der Waals surface area contributed by atoms with Crippen molar-refractivity contribution in [2.24, 2.45) is 5.92 Å². The monoisotopic (exact) mass is 275 g/mol. The average molecular weight is 275 g/mol. The molecule has 0 bridgehead atoms. The van der Waals surface area contributed by atoms with E-state index in [4.69, 9.17) is 4.74 Å². The summed E-state index contributed by atoms with van der Waals surface area (Å²) in [6.07, 6.45) is -4.03. The molecule has 0 aliphatic heterocycles. The highest BCUT2D eigenvalue weighted by Crippen LogP contribution is 2.32. The maximum Gasteiger partial charge on any atom is 0.392 e. The van der Waals surface area contributed by atoms with Gasteiger partial charge in [-0.2, -0.15) is 13.2 Å². The van der Waals surface area contributed by atoms with Gasteiger partial charge in [0.05, 0.1) is 13.0 Å². The summed E-state index contributed by atoms with van der Waals surface area (Å²) in [5.41, 5.74) is 0.682. The molecular formula is C14H20F3NO. The van der Waals surface area contributed by atoms with E-state index >= 15 is 0 Å². The number of hydrogen-bond acceptors (Lipinski definition) is 2. The van der Waals surface area contributed by atoms with E-state index in [9.17, 15) is 13.2 Å². The quantitative estimate of drug-likeness (QED) is 0.789. The zero-order chi connectivity index (χ0) is 14.5. The first-order valence-electron chi connectivity index (χ1n) is 6.17. The summed E-state index contributed by atoms with van der Waals surface area (Å²) in [5, 5.41) is 0. The van der Waals surface area contributed by atoms with Crippen LogP contribution in [0.3, 0.4) is 0 Å². The second-order valence-electron chi connectivity index (χ2n) is 4.88. The van der Waals surface area contributed by atoms with E-state index in [0.29, 0.717) is 17.9 Å². The van der Waals surface area contributed by atoms with E-state index < -0.39 is 12.1 Å². The van der Waals surface area contributed by atoms with Crippen molar-refractivity contribution in [1.82, 2.24) is 4.90 Å². The lowest BCUT2D eigenvalue weighted by Crippen LogP contribution is -2.29. The third-order valence-electron chi connectivity index (χ3n) is 3.03. The topological polar surface area (TPSA) is 12.5 Å². The minimum Gasteiger partial charge on any atom is -0.497 e. The van der Waals surface area contributed by atoms with Crippen molar-refractivity contribution in [2.45, 2.75) is 19.0 Å². The number of hydrogen-bond donors (Lipinski definition) is 0. The number of halogens is 3. The maximum atomic E-state index is 13.0. The van der Waals surface area contributed by atoms with Crippen molar-refractivity contribution in [3.8, 4) is 5.75 Å². The lowest BCUT2D eigenvalue weighted by atomic mass is 9.95. The van der Waals surface area contributed by atoms with Crippen molar-refractivity contribution >= 4 is 0 Å². The Balaban J connectivity index is 2.70. The first kappa shape index (κ1) is 15.8. The van der Waals surface area contributed by atoms with Crippen molar-refractivity contribution in [1.29, 1.82) is 0 Å². The first-order valence-corrected chi connectivity index (χ1v) is 6.17. The van der Waals surface area contributed by atoms with Gasteiger partial charge in [0, 0.05) is 0 Å². The second kappa shape index (κ2) is 6.80. The van der Waals surface area contributed by atoms with Gasteiger partial charge in [-0.05, 0) is 51.2 Å². The zero-order valence-electron chi connectivity index (χ0n) is 11.5. The molecule has 1 rings (SSSR count). The van der Waals surface area contributed by atoms with E-state index in [-0.39, 0.29) is 12.8 Å². The highest BCUT2D eigenvalue weighted by molar-refractivity contribution is 5.27. The van der Waals surface area contributed by atoms with Gasteiger partial charge in [-0.15, -0.1) is 0 Å². The van der Waals surface area contributed by atoms with Crippen LogP contribution in [0, 0.1) is 5.92 Å². The molecule has 0 saturated heterocycles. The van der Waals surface area contributed by atoms with E-state index in [1.54, 1.807) is 43.3 Å². The molecule has 1 aromatic carbocycles. The molecule has 5 heteroatoms. The van der Waals surface area contributed by atoms with Crippen LogP contribution >= 0.6 is 0 Å². The van der Waals surface area contributed by atoms with Gasteiger partial charge in [0.25, 0.3) is 0 Å². The molecule has 0 aromatic heterocycles. The molecule has 0 spiro atoms. The Kier molecular flexibility index (Phi) is 5.66. The molecule has 0 saturated carbocycles. The fourth-order valence-electron chi connectivity index (χ4n) is 1.84. The molecule has 0 amide bonds. The van der Waals surface area contributed by atoms with E-state index in [2.05, 4.69) is 0 Å². The van der Waals surface area contributed by atoms with E-state index in [1.807, 2.05) is 0 Å². The van der Waals surface area contributed by atoms with Crippen molar-refractivity contribution < 1.29 is 17.9 Å². The van der Waals surface area contributed by atoms with Gasteiger partial charge < -0.3 is 9.64 Å². The molecule has 108 valence electrons. The maximum absolute atomic E-state index is 13.0. The number of nitrogens with zero attached hydrogens (tertiary/aromatic N) is 1. The number of ether oxygens (including phenoxy) is 1. The largest absolute Gasteiger partial charge is 0.497 e. The molecule has 0 N–H and O–H groups in total. The summed E-state index contributed by atoms with van der Waals surface area (Å²) in [6, 6.07) is 6.75. The molecule has 0 heterocycles. The molecule has 0 fully saturated rings. The van der Waals surface area contributed by atoms with Gasteiger partial charge in [0.15, 0.2) is 0 Å². The molecule has 2 nitrogen and oxygen atoms in total. The van der Waals surface area contributed by atoms with Gasteiger partial charge in [-0.25, -0.2) is 0 Å². The number of methoxy groups -OCH3 is 1. The molecule has 19 heavy (non-hydrogen) atoms. The van der Waals surface area contributed by atoms with Crippen molar-refractivity contribution in [3.05, 3.63) is 29.8 Å². The van der Waals surface area contributed by atoms with Crippen LogP contribution < -0.4 is 4.74 Å². The fourth-order valence-corrected chi connectivity index (χ4v) is 1.84. The fraction of sp³-hybridized carbons (Fsp3) is 0.571. The standard InChI is InChI=1S/C14H20F3NO/c1-18(2)9-8-12(14(15,16)17)10-11-4-6-13(19-3)7-5-11/h4-7,12H,8-10H2,1-3H3. The summed E-state index contributed by atoms with van der Waals surface area (Å²) in [6.45, 7) is 0.431. The Bertz CT molecular complexity index is 373. The van der Waals surface area contributed by atoms with Crippen LogP contribution in [0.5, 0.6) is 5.75 Å². The number of benzene rings is 1. The first-order chi connectivity index (χ1) is 8.82. The van der Waals surface area contributed by atoms with Gasteiger partial charge in [-0.1, -0.05) is 12.1 Å². The van der Waals surface area contributed by atoms with E-state index in [0.717, 1.165) is 0 Å². The molecule has 1 atom stereocenters. The zero-order valence-corrected chi connectivity index (χ0v) is 11.5. The predicted octanol–water partition coefficient (Wildman–Crippen LogP) is 3.37. The Morgan fingerprint density at radius 1 is 1.16 bits per heavy atom. The molecule has 1 unspecified atom stereocenters.